The molecule has 0 atom stereocenters. The maximum atomic E-state index is 5.98. The number of hydrogen-bond donors (Lipinski definition) is 2. The van der Waals surface area contributed by atoms with E-state index in [4.69, 9.17) is 9.15 Å². The Hall–Kier alpha value is -2.78. The lowest BCUT2D eigenvalue weighted by Crippen LogP contribution is -2.37. The summed E-state index contributed by atoms with van der Waals surface area (Å²) in [6, 6.07) is 3.69. The summed E-state index contributed by atoms with van der Waals surface area (Å²) in [5, 5.41) is 0. The molecule has 0 aliphatic carbocycles. The zero-order valence-electron chi connectivity index (χ0n) is 13.2. The number of rotatable bonds is 4. The van der Waals surface area contributed by atoms with Crippen molar-refractivity contribution in [3.63, 3.8) is 0 Å². The van der Waals surface area contributed by atoms with E-state index < -0.39 is 0 Å². The molecule has 24 heavy (non-hydrogen) atoms. The zero-order chi connectivity index (χ0) is 16.4. The molecule has 4 heterocycles. The number of nitrogens with one attached hydrogen (secondary N) is 2. The molecule has 3 aromatic heterocycles. The molecule has 0 amide bonds. The van der Waals surface area contributed by atoms with E-state index in [1.54, 1.807) is 19.4 Å². The molecule has 0 unspecified atom stereocenters. The van der Waals surface area contributed by atoms with E-state index >= 15 is 0 Å². The average molecular weight is 327 g/mol. The number of morpholine rings is 1. The number of aromatic nitrogens is 4. The fraction of sp³-hybridized carbons (Fsp3) is 0.333. The smallest absolute Gasteiger partial charge is 0.241 e. The van der Waals surface area contributed by atoms with Crippen molar-refractivity contribution >= 4 is 23.0 Å². The number of fused-ring (bicyclic) bond motifs is 1. The van der Waals surface area contributed by atoms with Gasteiger partial charge in [-0.25, -0.2) is 5.43 Å². The lowest BCUT2D eigenvalue weighted by molar-refractivity contribution is 0.122. The van der Waals surface area contributed by atoms with Gasteiger partial charge in [-0.15, -0.1) is 0 Å². The van der Waals surface area contributed by atoms with E-state index in [0.717, 1.165) is 18.7 Å². The van der Waals surface area contributed by atoms with Gasteiger partial charge in [0.1, 0.15) is 0 Å². The molecule has 1 aliphatic rings. The largest absolute Gasteiger partial charge is 0.430 e. The predicted molar refractivity (Wildman–Crippen MR) is 88.5 cm³/mol. The van der Waals surface area contributed by atoms with Crippen LogP contribution in [0.1, 0.15) is 0 Å². The van der Waals surface area contributed by atoms with Crippen LogP contribution in [0.15, 0.2) is 28.9 Å². The van der Waals surface area contributed by atoms with Crippen LogP contribution in [0.5, 0.6) is 0 Å². The number of ether oxygens (including phenoxy) is 1. The highest BCUT2D eigenvalue weighted by atomic mass is 16.5. The molecule has 4 rings (SSSR count). The highest BCUT2D eigenvalue weighted by Crippen LogP contribution is 2.30. The molecule has 9 nitrogen and oxygen atoms in total. The van der Waals surface area contributed by atoms with Crippen LogP contribution in [0.4, 0.5) is 11.8 Å². The van der Waals surface area contributed by atoms with Gasteiger partial charge in [-0.1, -0.05) is 0 Å². The van der Waals surface area contributed by atoms with E-state index in [2.05, 4.69) is 35.7 Å². The minimum absolute atomic E-state index is 0.445. The molecule has 3 aromatic rings. The number of nitrogens with zero attached hydrogens (tertiary/aromatic N) is 5. The van der Waals surface area contributed by atoms with Crippen molar-refractivity contribution in [3.05, 3.63) is 24.5 Å². The molecule has 0 saturated carbocycles. The molecule has 124 valence electrons. The Morgan fingerprint density at radius 2 is 1.88 bits per heavy atom. The van der Waals surface area contributed by atoms with Gasteiger partial charge < -0.3 is 14.1 Å². The first-order chi connectivity index (χ1) is 11.8. The van der Waals surface area contributed by atoms with Crippen molar-refractivity contribution in [1.29, 1.82) is 0 Å². The summed E-state index contributed by atoms with van der Waals surface area (Å²) in [6.07, 6.45) is 3.40. The van der Waals surface area contributed by atoms with Crippen LogP contribution in [0.3, 0.4) is 0 Å². The number of oxazole rings is 1. The Labute approximate surface area is 138 Å². The molecule has 2 N–H and O–H groups in total. The first-order valence-corrected chi connectivity index (χ1v) is 7.69. The SMILES string of the molecule is CNNc1nc(N2CCOCC2)c2oc(-c3ccncc3)nc2n1. The van der Waals surface area contributed by atoms with Crippen molar-refractivity contribution in [2.75, 3.05) is 43.7 Å². The third kappa shape index (κ3) is 2.74. The summed E-state index contributed by atoms with van der Waals surface area (Å²) < 4.78 is 11.4. The van der Waals surface area contributed by atoms with Crippen LogP contribution in [-0.4, -0.2) is 53.3 Å². The minimum Gasteiger partial charge on any atom is -0.430 e. The first-order valence-electron chi connectivity index (χ1n) is 7.69. The quantitative estimate of drug-likeness (QED) is 0.681. The van der Waals surface area contributed by atoms with E-state index in [0.29, 0.717) is 42.1 Å². The van der Waals surface area contributed by atoms with Crippen molar-refractivity contribution < 1.29 is 9.15 Å². The summed E-state index contributed by atoms with van der Waals surface area (Å²) in [7, 11) is 1.76. The van der Waals surface area contributed by atoms with Crippen molar-refractivity contribution in [2.45, 2.75) is 0 Å². The average Bonchev–Trinajstić information content (AvgIpc) is 3.07. The molecule has 9 heteroatoms. The van der Waals surface area contributed by atoms with E-state index in [9.17, 15) is 0 Å². The molecule has 1 aliphatic heterocycles. The molecule has 0 radical (unpaired) electrons. The van der Waals surface area contributed by atoms with Gasteiger partial charge in [0.15, 0.2) is 5.82 Å². The Morgan fingerprint density at radius 1 is 1.08 bits per heavy atom. The molecule has 0 spiro atoms. The van der Waals surface area contributed by atoms with Crippen LogP contribution in [0, 0.1) is 0 Å². The fourth-order valence-corrected chi connectivity index (χ4v) is 2.59. The van der Waals surface area contributed by atoms with Crippen molar-refractivity contribution in [2.24, 2.45) is 0 Å². The standard InChI is InChI=1S/C15H17N7O2/c1-16-21-15-19-12-11(13(20-15)22-6-8-23-9-7-22)24-14(18-12)10-2-4-17-5-3-10/h2-5,16H,6-9H2,1H3,(H,19,20,21). The van der Waals surface area contributed by atoms with Crippen LogP contribution < -0.4 is 15.8 Å². The van der Waals surface area contributed by atoms with Crippen LogP contribution in [0.25, 0.3) is 22.7 Å². The van der Waals surface area contributed by atoms with Gasteiger partial charge >= 0.3 is 0 Å². The van der Waals surface area contributed by atoms with E-state index in [-0.39, 0.29) is 0 Å². The van der Waals surface area contributed by atoms with E-state index in [1.165, 1.54) is 0 Å². The Morgan fingerprint density at radius 3 is 2.62 bits per heavy atom. The van der Waals surface area contributed by atoms with Gasteiger partial charge in [0, 0.05) is 38.1 Å². The van der Waals surface area contributed by atoms with Gasteiger partial charge in [-0.2, -0.15) is 15.0 Å². The Balaban J connectivity index is 1.83. The third-order valence-corrected chi connectivity index (χ3v) is 3.71. The lowest BCUT2D eigenvalue weighted by Gasteiger charge is -2.27. The molecular weight excluding hydrogens is 310 g/mol. The number of hydrazine groups is 1. The van der Waals surface area contributed by atoms with Gasteiger partial charge in [0.05, 0.1) is 13.2 Å². The summed E-state index contributed by atoms with van der Waals surface area (Å²) in [5.74, 6) is 1.66. The molecule has 0 bridgehead atoms. The summed E-state index contributed by atoms with van der Waals surface area (Å²) in [6.45, 7) is 2.81. The Kier molecular flexibility index (Phi) is 3.93. The molecular formula is C15H17N7O2. The monoisotopic (exact) mass is 327 g/mol. The molecule has 0 aromatic carbocycles. The normalized spacial score (nSPS) is 15.0. The highest BCUT2D eigenvalue weighted by molar-refractivity contribution is 5.84. The number of anilines is 2. The van der Waals surface area contributed by atoms with Crippen LogP contribution in [0.2, 0.25) is 0 Å². The topological polar surface area (TPSA) is 101 Å². The van der Waals surface area contributed by atoms with Crippen molar-refractivity contribution in [1.82, 2.24) is 25.4 Å². The summed E-state index contributed by atoms with van der Waals surface area (Å²) in [5.41, 5.74) is 7.67. The second-order valence-corrected chi connectivity index (χ2v) is 5.25. The second kappa shape index (κ2) is 6.38. The maximum Gasteiger partial charge on any atom is 0.241 e. The van der Waals surface area contributed by atoms with Gasteiger partial charge in [0.25, 0.3) is 0 Å². The van der Waals surface area contributed by atoms with Crippen LogP contribution >= 0.6 is 0 Å². The summed E-state index contributed by atoms with van der Waals surface area (Å²) >= 11 is 0. The van der Waals surface area contributed by atoms with E-state index in [1.807, 2.05) is 12.1 Å². The second-order valence-electron chi connectivity index (χ2n) is 5.25. The maximum absolute atomic E-state index is 5.98. The fourth-order valence-electron chi connectivity index (χ4n) is 2.59. The van der Waals surface area contributed by atoms with Crippen molar-refractivity contribution in [3.8, 4) is 11.5 Å². The number of pyridine rings is 1. The van der Waals surface area contributed by atoms with Gasteiger partial charge in [-0.05, 0) is 12.1 Å². The Bertz CT molecular complexity index is 830. The third-order valence-electron chi connectivity index (χ3n) is 3.71. The van der Waals surface area contributed by atoms with Crippen LogP contribution in [-0.2, 0) is 4.74 Å². The highest BCUT2D eigenvalue weighted by Gasteiger charge is 2.22. The lowest BCUT2D eigenvalue weighted by atomic mass is 10.3. The molecule has 1 saturated heterocycles. The van der Waals surface area contributed by atoms with Gasteiger partial charge in [0.2, 0.25) is 23.1 Å². The predicted octanol–water partition coefficient (Wildman–Crippen LogP) is 1.06. The molecule has 1 fully saturated rings. The number of hydrogen-bond acceptors (Lipinski definition) is 9. The van der Waals surface area contributed by atoms with Gasteiger partial charge in [-0.3, -0.25) is 10.4 Å². The summed E-state index contributed by atoms with van der Waals surface area (Å²) in [4.78, 5) is 19.6. The first kappa shape index (κ1) is 14.8. The zero-order valence-corrected chi connectivity index (χ0v) is 13.2. The minimum atomic E-state index is 0.445.